The van der Waals surface area contributed by atoms with Crippen LogP contribution in [0, 0.1) is 0 Å². The second-order valence-electron chi connectivity index (χ2n) is 6.78. The molecule has 2 aromatic heterocycles. The summed E-state index contributed by atoms with van der Waals surface area (Å²) in [6, 6.07) is 10.6. The average molecular weight is 369 g/mol. The molecule has 1 aliphatic rings. The highest BCUT2D eigenvalue weighted by atomic mass is 32.1. The molecule has 0 spiro atoms. The monoisotopic (exact) mass is 368 g/mol. The van der Waals surface area contributed by atoms with Crippen LogP contribution in [0.2, 0.25) is 0 Å². The highest BCUT2D eigenvalue weighted by Gasteiger charge is 2.23. The zero-order valence-corrected chi connectivity index (χ0v) is 15.8. The molecular formula is C20H24N4OS. The molecule has 1 aromatic carbocycles. The number of aromatic nitrogens is 2. The van der Waals surface area contributed by atoms with Crippen molar-refractivity contribution >= 4 is 22.2 Å². The molecule has 3 heterocycles. The Labute approximate surface area is 157 Å². The molecule has 1 fully saturated rings. The van der Waals surface area contributed by atoms with Gasteiger partial charge in [0.15, 0.2) is 4.96 Å². The number of nitrogens with one attached hydrogen (secondary N) is 1. The minimum atomic E-state index is 0.0858. The number of benzene rings is 1. The second kappa shape index (κ2) is 7.60. The third-order valence-corrected chi connectivity index (χ3v) is 6.02. The summed E-state index contributed by atoms with van der Waals surface area (Å²) in [6.45, 7) is 5.15. The minimum absolute atomic E-state index is 0.0858. The van der Waals surface area contributed by atoms with Gasteiger partial charge in [-0.15, -0.1) is 11.3 Å². The Morgan fingerprint density at radius 3 is 3.00 bits per heavy atom. The van der Waals surface area contributed by atoms with Gasteiger partial charge in [-0.2, -0.15) is 0 Å². The van der Waals surface area contributed by atoms with E-state index in [0.717, 1.165) is 41.5 Å². The quantitative estimate of drug-likeness (QED) is 0.727. The van der Waals surface area contributed by atoms with Gasteiger partial charge in [0.25, 0.3) is 0 Å². The lowest BCUT2D eigenvalue weighted by Crippen LogP contribution is -2.40. The van der Waals surface area contributed by atoms with Gasteiger partial charge in [-0.3, -0.25) is 14.1 Å². The van der Waals surface area contributed by atoms with Crippen LogP contribution in [0.3, 0.4) is 0 Å². The van der Waals surface area contributed by atoms with Crippen LogP contribution >= 0.6 is 11.3 Å². The summed E-state index contributed by atoms with van der Waals surface area (Å²) in [6.07, 6.45) is 4.83. The topological polar surface area (TPSA) is 49.6 Å². The number of fused-ring (bicyclic) bond motifs is 1. The Morgan fingerprint density at radius 2 is 2.19 bits per heavy atom. The van der Waals surface area contributed by atoms with E-state index in [2.05, 4.69) is 34.3 Å². The lowest BCUT2D eigenvalue weighted by atomic mass is 10.2. The maximum atomic E-state index is 12.4. The van der Waals surface area contributed by atoms with E-state index in [4.69, 9.17) is 0 Å². The first-order chi connectivity index (χ1) is 12.7. The van der Waals surface area contributed by atoms with E-state index in [1.165, 1.54) is 12.8 Å². The van der Waals surface area contributed by atoms with Crippen molar-refractivity contribution in [3.8, 4) is 11.3 Å². The molecule has 0 radical (unpaired) electrons. The van der Waals surface area contributed by atoms with Gasteiger partial charge in [-0.05, 0) is 25.9 Å². The van der Waals surface area contributed by atoms with Gasteiger partial charge in [0.05, 0.1) is 12.1 Å². The summed E-state index contributed by atoms with van der Waals surface area (Å²) >= 11 is 1.58. The Balaban J connectivity index is 1.42. The van der Waals surface area contributed by atoms with Crippen molar-refractivity contribution < 1.29 is 4.79 Å². The van der Waals surface area contributed by atoms with E-state index in [-0.39, 0.29) is 5.91 Å². The van der Waals surface area contributed by atoms with Gasteiger partial charge < -0.3 is 5.32 Å². The summed E-state index contributed by atoms with van der Waals surface area (Å²) < 4.78 is 2.04. The predicted molar refractivity (Wildman–Crippen MR) is 105 cm³/mol. The summed E-state index contributed by atoms with van der Waals surface area (Å²) in [5.41, 5.74) is 3.04. The molecule has 1 N–H and O–H groups in total. The molecule has 136 valence electrons. The predicted octanol–water partition coefficient (Wildman–Crippen LogP) is 3.21. The average Bonchev–Trinajstić information content (AvgIpc) is 3.37. The van der Waals surface area contributed by atoms with Crippen molar-refractivity contribution in [2.45, 2.75) is 32.2 Å². The maximum Gasteiger partial charge on any atom is 0.226 e. The minimum Gasteiger partial charge on any atom is -0.354 e. The van der Waals surface area contributed by atoms with Gasteiger partial charge >= 0.3 is 0 Å². The number of hydrogen-bond acceptors (Lipinski definition) is 4. The molecule has 3 aromatic rings. The third kappa shape index (κ3) is 3.52. The zero-order chi connectivity index (χ0) is 17.9. The van der Waals surface area contributed by atoms with E-state index in [1.807, 2.05) is 34.2 Å². The Morgan fingerprint density at radius 1 is 1.35 bits per heavy atom. The summed E-state index contributed by atoms with van der Waals surface area (Å²) in [5.74, 6) is 0.0858. The molecule has 6 heteroatoms. The standard InChI is InChI=1S/C20H24N4OS/c1-2-23-10-6-9-16(23)12-21-19(25)11-17-14-26-20-22-18(13-24(17)20)15-7-4-3-5-8-15/h3-5,7-8,13-14,16H,2,6,9-12H2,1H3,(H,21,25). The molecule has 1 saturated heterocycles. The molecule has 5 nitrogen and oxygen atoms in total. The number of imidazole rings is 1. The largest absolute Gasteiger partial charge is 0.354 e. The summed E-state index contributed by atoms with van der Waals surface area (Å²) in [4.78, 5) is 20.5. The SMILES string of the molecule is CCN1CCCC1CNC(=O)Cc1csc2nc(-c3ccccc3)cn12. The van der Waals surface area contributed by atoms with Crippen LogP contribution in [-0.2, 0) is 11.2 Å². The van der Waals surface area contributed by atoms with E-state index >= 15 is 0 Å². The maximum absolute atomic E-state index is 12.4. The number of carbonyl (C=O) groups excluding carboxylic acids is 1. The Bertz CT molecular complexity index is 886. The number of thiazole rings is 1. The molecule has 1 atom stereocenters. The van der Waals surface area contributed by atoms with Crippen molar-refractivity contribution in [2.75, 3.05) is 19.6 Å². The second-order valence-corrected chi connectivity index (χ2v) is 7.61. The van der Waals surface area contributed by atoms with Crippen molar-refractivity contribution in [2.24, 2.45) is 0 Å². The van der Waals surface area contributed by atoms with Crippen molar-refractivity contribution in [3.63, 3.8) is 0 Å². The number of likely N-dealkylation sites (tertiary alicyclic amines) is 1. The molecule has 0 bridgehead atoms. The van der Waals surface area contributed by atoms with Crippen LogP contribution in [0.1, 0.15) is 25.5 Å². The number of likely N-dealkylation sites (N-methyl/N-ethyl adjacent to an activating group) is 1. The van der Waals surface area contributed by atoms with Crippen molar-refractivity contribution in [1.82, 2.24) is 19.6 Å². The van der Waals surface area contributed by atoms with Crippen molar-refractivity contribution in [1.29, 1.82) is 0 Å². The van der Waals surface area contributed by atoms with Crippen LogP contribution < -0.4 is 5.32 Å². The van der Waals surface area contributed by atoms with Crippen LogP contribution in [0.25, 0.3) is 16.2 Å². The molecule has 0 aliphatic carbocycles. The van der Waals surface area contributed by atoms with Crippen LogP contribution in [0.4, 0.5) is 0 Å². The molecule has 26 heavy (non-hydrogen) atoms. The fraction of sp³-hybridized carbons (Fsp3) is 0.400. The van der Waals surface area contributed by atoms with Gasteiger partial charge in [0, 0.05) is 35.4 Å². The van der Waals surface area contributed by atoms with Crippen LogP contribution in [-0.4, -0.2) is 45.9 Å². The number of nitrogens with zero attached hydrogens (tertiary/aromatic N) is 3. The molecule has 0 saturated carbocycles. The molecule has 1 amide bonds. The molecule has 1 unspecified atom stereocenters. The van der Waals surface area contributed by atoms with Crippen molar-refractivity contribution in [3.05, 3.63) is 47.6 Å². The summed E-state index contributed by atoms with van der Waals surface area (Å²) in [7, 11) is 0. The van der Waals surface area contributed by atoms with Gasteiger partial charge in [0.2, 0.25) is 5.91 Å². The number of rotatable bonds is 6. The zero-order valence-electron chi connectivity index (χ0n) is 15.0. The number of hydrogen-bond donors (Lipinski definition) is 1. The first-order valence-electron chi connectivity index (χ1n) is 9.26. The highest BCUT2D eigenvalue weighted by molar-refractivity contribution is 7.15. The normalized spacial score (nSPS) is 17.8. The molecule has 1 aliphatic heterocycles. The third-order valence-electron chi connectivity index (χ3n) is 5.13. The number of carbonyl (C=O) groups is 1. The lowest BCUT2D eigenvalue weighted by Gasteiger charge is -2.22. The first-order valence-corrected chi connectivity index (χ1v) is 10.1. The smallest absolute Gasteiger partial charge is 0.226 e. The highest BCUT2D eigenvalue weighted by Crippen LogP contribution is 2.23. The van der Waals surface area contributed by atoms with E-state index in [9.17, 15) is 4.79 Å². The van der Waals surface area contributed by atoms with E-state index in [1.54, 1.807) is 11.3 Å². The van der Waals surface area contributed by atoms with Gasteiger partial charge in [0.1, 0.15) is 0 Å². The molecular weight excluding hydrogens is 344 g/mol. The first kappa shape index (κ1) is 17.2. The Kier molecular flexibility index (Phi) is 5.04. The number of amides is 1. The van der Waals surface area contributed by atoms with E-state index < -0.39 is 0 Å². The van der Waals surface area contributed by atoms with Gasteiger partial charge in [-0.1, -0.05) is 37.3 Å². The van der Waals surface area contributed by atoms with Crippen LogP contribution in [0.15, 0.2) is 41.9 Å². The Hall–Kier alpha value is -2.18. The fourth-order valence-corrected chi connectivity index (χ4v) is 4.58. The van der Waals surface area contributed by atoms with Gasteiger partial charge in [-0.25, -0.2) is 4.98 Å². The lowest BCUT2D eigenvalue weighted by molar-refractivity contribution is -0.120. The summed E-state index contributed by atoms with van der Waals surface area (Å²) in [5, 5.41) is 5.15. The fourth-order valence-electron chi connectivity index (χ4n) is 3.71. The van der Waals surface area contributed by atoms with Crippen LogP contribution in [0.5, 0.6) is 0 Å². The van der Waals surface area contributed by atoms with E-state index in [0.29, 0.717) is 12.5 Å². The molecule has 4 rings (SSSR count).